The summed E-state index contributed by atoms with van der Waals surface area (Å²) in [5.41, 5.74) is 1.42. The highest BCUT2D eigenvalue weighted by atomic mass is 16.5. The molecular weight excluding hydrogens is 316 g/mol. The van der Waals surface area contributed by atoms with Crippen molar-refractivity contribution in [2.24, 2.45) is 28.6 Å². The molecule has 0 heterocycles. The number of aliphatic hydroxyl groups is 2. The number of ketones is 1. The van der Waals surface area contributed by atoms with Crippen LogP contribution in [0.4, 0.5) is 0 Å². The molecule has 4 aliphatic carbocycles. The van der Waals surface area contributed by atoms with Gasteiger partial charge in [0.15, 0.2) is 5.78 Å². The lowest BCUT2D eigenvalue weighted by Crippen LogP contribution is -2.50. The van der Waals surface area contributed by atoms with Crippen LogP contribution in [-0.4, -0.2) is 41.4 Å². The van der Waals surface area contributed by atoms with Gasteiger partial charge in [-0.05, 0) is 68.1 Å². The summed E-state index contributed by atoms with van der Waals surface area (Å²) < 4.78 is 5.70. The Morgan fingerprint density at radius 1 is 1.20 bits per heavy atom. The van der Waals surface area contributed by atoms with Gasteiger partial charge in [0, 0.05) is 5.41 Å². The molecule has 4 rings (SSSR count). The number of rotatable bonds is 3. The van der Waals surface area contributed by atoms with Crippen LogP contribution in [0, 0.1) is 28.6 Å². The van der Waals surface area contributed by atoms with E-state index in [0.717, 1.165) is 44.9 Å². The molecule has 0 spiro atoms. The SMILES string of the molecule is C[C@]12CC[C@H](O)CC1=CC[C@@H]1[C@@H]2CC[C@]2(C)C(=O)C(OCCO)C[C@@H]12. The molecule has 4 nitrogen and oxygen atoms in total. The predicted octanol–water partition coefficient (Wildman–Crippen LogP) is 2.87. The molecule has 0 radical (unpaired) electrons. The summed E-state index contributed by atoms with van der Waals surface area (Å²) in [5.74, 6) is 1.84. The van der Waals surface area contributed by atoms with Crippen molar-refractivity contribution in [1.82, 2.24) is 0 Å². The van der Waals surface area contributed by atoms with Crippen LogP contribution in [0.5, 0.6) is 0 Å². The maximum absolute atomic E-state index is 13.0. The second-order valence-electron chi connectivity index (χ2n) is 9.30. The van der Waals surface area contributed by atoms with Crippen molar-refractivity contribution < 1.29 is 19.7 Å². The maximum atomic E-state index is 13.0. The Balaban J connectivity index is 1.61. The molecule has 1 unspecified atom stereocenters. The van der Waals surface area contributed by atoms with E-state index in [1.54, 1.807) is 0 Å². The fraction of sp³-hybridized carbons (Fsp3) is 0.857. The third kappa shape index (κ3) is 2.55. The van der Waals surface area contributed by atoms with Crippen molar-refractivity contribution in [3.05, 3.63) is 11.6 Å². The fourth-order valence-corrected chi connectivity index (χ4v) is 6.75. The number of allylic oxidation sites excluding steroid dienone is 1. The van der Waals surface area contributed by atoms with Gasteiger partial charge < -0.3 is 14.9 Å². The molecule has 0 aromatic heterocycles. The standard InChI is InChI=1S/C21H32O4/c1-20-7-5-14(23)11-13(20)3-4-15-16(20)6-8-21(2)17(15)12-18(19(21)24)25-10-9-22/h3,14-18,22-23H,4-12H2,1-2H3/t14-,15+,16-,17-,18?,20-,21-/m0/s1. The molecule has 4 aliphatic rings. The molecule has 2 N–H and O–H groups in total. The molecule has 4 heteroatoms. The third-order valence-electron chi connectivity index (χ3n) is 8.20. The van der Waals surface area contributed by atoms with Crippen LogP contribution in [0.15, 0.2) is 11.6 Å². The van der Waals surface area contributed by atoms with E-state index in [2.05, 4.69) is 19.9 Å². The van der Waals surface area contributed by atoms with Gasteiger partial charge in [0.05, 0.1) is 19.3 Å². The summed E-state index contributed by atoms with van der Waals surface area (Å²) in [7, 11) is 0. The van der Waals surface area contributed by atoms with Gasteiger partial charge in [-0.15, -0.1) is 0 Å². The highest BCUT2D eigenvalue weighted by Crippen LogP contribution is 2.64. The van der Waals surface area contributed by atoms with E-state index in [-0.39, 0.29) is 42.0 Å². The number of carbonyl (C=O) groups is 1. The average Bonchev–Trinajstić information content (AvgIpc) is 2.85. The molecule has 0 amide bonds. The minimum Gasteiger partial charge on any atom is -0.394 e. The number of hydrogen-bond donors (Lipinski definition) is 2. The van der Waals surface area contributed by atoms with Gasteiger partial charge >= 0.3 is 0 Å². The maximum Gasteiger partial charge on any atom is 0.167 e. The van der Waals surface area contributed by atoms with Gasteiger partial charge in [-0.3, -0.25) is 4.79 Å². The number of fused-ring (bicyclic) bond motifs is 5. The lowest BCUT2D eigenvalue weighted by Gasteiger charge is -2.56. The highest BCUT2D eigenvalue weighted by Gasteiger charge is 2.61. The Bertz CT molecular complexity index is 584. The van der Waals surface area contributed by atoms with Gasteiger partial charge in [0.25, 0.3) is 0 Å². The zero-order chi connectivity index (χ0) is 17.8. The first-order valence-electron chi connectivity index (χ1n) is 10.0. The number of ether oxygens (including phenoxy) is 1. The zero-order valence-corrected chi connectivity index (χ0v) is 15.5. The van der Waals surface area contributed by atoms with Gasteiger partial charge in [-0.2, -0.15) is 0 Å². The summed E-state index contributed by atoms with van der Waals surface area (Å²) in [4.78, 5) is 13.0. The molecule has 0 bridgehead atoms. The molecule has 0 aromatic carbocycles. The van der Waals surface area contributed by atoms with E-state index in [9.17, 15) is 9.90 Å². The molecule has 0 aromatic rings. The normalized spacial score (nSPS) is 49.2. The van der Waals surface area contributed by atoms with Crippen LogP contribution in [0.3, 0.4) is 0 Å². The molecule has 140 valence electrons. The minimum atomic E-state index is -0.327. The summed E-state index contributed by atoms with van der Waals surface area (Å²) in [5, 5.41) is 19.1. The number of hydrogen-bond acceptors (Lipinski definition) is 4. The lowest BCUT2D eigenvalue weighted by atomic mass is 9.48. The predicted molar refractivity (Wildman–Crippen MR) is 94.9 cm³/mol. The molecule has 3 fully saturated rings. The number of aliphatic hydroxyl groups excluding tert-OH is 2. The van der Waals surface area contributed by atoms with E-state index < -0.39 is 0 Å². The van der Waals surface area contributed by atoms with Gasteiger partial charge in [-0.25, -0.2) is 0 Å². The van der Waals surface area contributed by atoms with Crippen LogP contribution in [0.25, 0.3) is 0 Å². The van der Waals surface area contributed by atoms with Crippen molar-refractivity contribution in [3.8, 4) is 0 Å². The van der Waals surface area contributed by atoms with Crippen molar-refractivity contribution >= 4 is 5.78 Å². The highest BCUT2D eigenvalue weighted by molar-refractivity contribution is 5.91. The first-order valence-corrected chi connectivity index (χ1v) is 10.0. The Labute approximate surface area is 150 Å². The van der Waals surface area contributed by atoms with Crippen molar-refractivity contribution in [2.45, 2.75) is 71.0 Å². The minimum absolute atomic E-state index is 0.0241. The van der Waals surface area contributed by atoms with Crippen molar-refractivity contribution in [3.63, 3.8) is 0 Å². The van der Waals surface area contributed by atoms with Crippen molar-refractivity contribution in [1.29, 1.82) is 0 Å². The van der Waals surface area contributed by atoms with E-state index in [4.69, 9.17) is 9.84 Å². The van der Waals surface area contributed by atoms with Crippen LogP contribution in [-0.2, 0) is 9.53 Å². The van der Waals surface area contributed by atoms with E-state index in [1.165, 1.54) is 5.57 Å². The van der Waals surface area contributed by atoms with E-state index >= 15 is 0 Å². The van der Waals surface area contributed by atoms with E-state index in [1.807, 2.05) is 0 Å². The summed E-state index contributed by atoms with van der Waals surface area (Å²) in [6.45, 7) is 4.79. The fourth-order valence-electron chi connectivity index (χ4n) is 6.75. The monoisotopic (exact) mass is 348 g/mol. The van der Waals surface area contributed by atoms with Gasteiger partial charge in [-0.1, -0.05) is 25.5 Å². The molecular formula is C21H32O4. The molecule has 0 saturated heterocycles. The largest absolute Gasteiger partial charge is 0.394 e. The topological polar surface area (TPSA) is 66.8 Å². The Morgan fingerprint density at radius 2 is 1.96 bits per heavy atom. The lowest BCUT2D eigenvalue weighted by molar-refractivity contribution is -0.139. The van der Waals surface area contributed by atoms with Gasteiger partial charge in [0.1, 0.15) is 6.10 Å². The zero-order valence-electron chi connectivity index (χ0n) is 15.5. The summed E-state index contributed by atoms with van der Waals surface area (Å²) in [6.07, 6.45) is 8.64. The van der Waals surface area contributed by atoms with Crippen LogP contribution in [0.1, 0.15) is 58.8 Å². The Kier molecular flexibility index (Phi) is 4.37. The first-order chi connectivity index (χ1) is 11.9. The second-order valence-corrected chi connectivity index (χ2v) is 9.30. The van der Waals surface area contributed by atoms with E-state index in [0.29, 0.717) is 17.8 Å². The molecule has 3 saturated carbocycles. The smallest absolute Gasteiger partial charge is 0.167 e. The average molecular weight is 348 g/mol. The third-order valence-corrected chi connectivity index (χ3v) is 8.20. The van der Waals surface area contributed by atoms with Crippen molar-refractivity contribution in [2.75, 3.05) is 13.2 Å². The first kappa shape index (κ1) is 17.7. The second kappa shape index (κ2) is 6.17. The summed E-state index contributed by atoms with van der Waals surface area (Å²) in [6, 6.07) is 0. The Hall–Kier alpha value is -0.710. The van der Waals surface area contributed by atoms with Crippen LogP contribution in [0.2, 0.25) is 0 Å². The quantitative estimate of drug-likeness (QED) is 0.770. The number of carbonyl (C=O) groups excluding carboxylic acids is 1. The molecule has 25 heavy (non-hydrogen) atoms. The Morgan fingerprint density at radius 3 is 2.72 bits per heavy atom. The van der Waals surface area contributed by atoms with Crippen LogP contribution < -0.4 is 0 Å². The molecule has 0 aliphatic heterocycles. The number of Topliss-reactive ketones (excluding diaryl/α,β-unsaturated/α-hetero) is 1. The summed E-state index contributed by atoms with van der Waals surface area (Å²) >= 11 is 0. The van der Waals surface area contributed by atoms with Gasteiger partial charge in [0.2, 0.25) is 0 Å². The van der Waals surface area contributed by atoms with Crippen LogP contribution >= 0.6 is 0 Å². The molecule has 7 atom stereocenters.